The zero-order chi connectivity index (χ0) is 22.4. The third-order valence-electron chi connectivity index (χ3n) is 10.7. The lowest BCUT2D eigenvalue weighted by Crippen LogP contribution is -2.51. The van der Waals surface area contributed by atoms with Gasteiger partial charge in [-0.3, -0.25) is 0 Å². The van der Waals surface area contributed by atoms with Crippen molar-refractivity contribution in [1.82, 2.24) is 0 Å². The zero-order valence-electron chi connectivity index (χ0n) is 21.9. The molecule has 1 nitrogen and oxygen atoms in total. The van der Waals surface area contributed by atoms with Crippen LogP contribution in [0, 0.1) is 46.3 Å². The molecule has 8 atom stereocenters. The molecule has 4 rings (SSSR count). The van der Waals surface area contributed by atoms with E-state index in [1.54, 1.807) is 5.57 Å². The Morgan fingerprint density at radius 1 is 0.935 bits per heavy atom. The lowest BCUT2D eigenvalue weighted by atomic mass is 9.47. The van der Waals surface area contributed by atoms with Crippen LogP contribution in [0.25, 0.3) is 0 Å². The molecule has 0 spiro atoms. The first-order valence-corrected chi connectivity index (χ1v) is 14.0. The van der Waals surface area contributed by atoms with Gasteiger partial charge in [-0.05, 0) is 112 Å². The lowest BCUT2D eigenvalue weighted by Gasteiger charge is -2.58. The predicted octanol–water partition coefficient (Wildman–Crippen LogP) is 8.82. The molecule has 0 amide bonds. The molecule has 0 heterocycles. The van der Waals surface area contributed by atoms with Crippen molar-refractivity contribution in [2.75, 3.05) is 0 Å². The van der Waals surface area contributed by atoms with Crippen LogP contribution in [0.3, 0.4) is 0 Å². The number of fused-ring (bicyclic) bond motifs is 5. The highest BCUT2D eigenvalue weighted by atomic mass is 16.5. The van der Waals surface area contributed by atoms with Gasteiger partial charge in [0.15, 0.2) is 0 Å². The third-order valence-corrected chi connectivity index (χ3v) is 10.7. The largest absolute Gasteiger partial charge is 0.375 e. The molecule has 0 bridgehead atoms. The smallest absolute Gasteiger partial charge is 0.0616 e. The van der Waals surface area contributed by atoms with Crippen LogP contribution in [0.2, 0.25) is 0 Å². The maximum absolute atomic E-state index is 6.25. The Morgan fingerprint density at radius 3 is 2.42 bits per heavy atom. The van der Waals surface area contributed by atoms with Gasteiger partial charge in [0.05, 0.1) is 12.2 Å². The molecule has 0 saturated heterocycles. The Kier molecular flexibility index (Phi) is 7.04. The second kappa shape index (κ2) is 9.15. The molecule has 4 aliphatic rings. The van der Waals surface area contributed by atoms with Gasteiger partial charge >= 0.3 is 0 Å². The van der Waals surface area contributed by atoms with E-state index in [2.05, 4.69) is 54.5 Å². The molecule has 0 aromatic rings. The summed E-state index contributed by atoms with van der Waals surface area (Å²) in [5.74, 6) is 5.60. The van der Waals surface area contributed by atoms with Crippen molar-refractivity contribution in [2.24, 2.45) is 46.3 Å². The average molecular weight is 429 g/mol. The molecule has 3 saturated carbocycles. The highest BCUT2D eigenvalue weighted by molar-refractivity contribution is 5.25. The second-order valence-electron chi connectivity index (χ2n) is 13.3. The minimum atomic E-state index is 0.361. The monoisotopic (exact) mass is 428 g/mol. The number of rotatable bonds is 7. The van der Waals surface area contributed by atoms with Gasteiger partial charge in [-0.1, -0.05) is 65.5 Å². The molecule has 1 heteroatoms. The fourth-order valence-corrected chi connectivity index (χ4v) is 9.15. The maximum Gasteiger partial charge on any atom is 0.0616 e. The molecule has 31 heavy (non-hydrogen) atoms. The van der Waals surface area contributed by atoms with E-state index in [4.69, 9.17) is 4.74 Å². The Balaban J connectivity index is 1.46. The third kappa shape index (κ3) is 4.43. The quantitative estimate of drug-likeness (QED) is 0.368. The van der Waals surface area contributed by atoms with Gasteiger partial charge in [0, 0.05) is 0 Å². The van der Waals surface area contributed by atoms with Gasteiger partial charge in [-0.25, -0.2) is 0 Å². The summed E-state index contributed by atoms with van der Waals surface area (Å²) in [6, 6.07) is 0. The van der Waals surface area contributed by atoms with Gasteiger partial charge < -0.3 is 4.74 Å². The number of allylic oxidation sites excluding steroid dienone is 1. The molecular formula is C30H52O. The van der Waals surface area contributed by atoms with Crippen molar-refractivity contribution >= 4 is 0 Å². The zero-order valence-corrected chi connectivity index (χ0v) is 21.9. The van der Waals surface area contributed by atoms with Crippen molar-refractivity contribution in [3.8, 4) is 0 Å². The van der Waals surface area contributed by atoms with Crippen LogP contribution < -0.4 is 0 Å². The van der Waals surface area contributed by atoms with Gasteiger partial charge in [0.1, 0.15) is 0 Å². The average Bonchev–Trinajstić information content (AvgIpc) is 3.05. The topological polar surface area (TPSA) is 9.23 Å². The molecule has 2 unspecified atom stereocenters. The molecule has 178 valence electrons. The first kappa shape index (κ1) is 23.8. The summed E-state index contributed by atoms with van der Waals surface area (Å²) >= 11 is 0. The second-order valence-corrected chi connectivity index (χ2v) is 13.3. The summed E-state index contributed by atoms with van der Waals surface area (Å²) in [7, 11) is 0. The highest BCUT2D eigenvalue weighted by Crippen LogP contribution is 2.67. The van der Waals surface area contributed by atoms with Crippen LogP contribution in [-0.2, 0) is 4.74 Å². The predicted molar refractivity (Wildman–Crippen MR) is 133 cm³/mol. The van der Waals surface area contributed by atoms with Crippen molar-refractivity contribution in [1.29, 1.82) is 0 Å². The van der Waals surface area contributed by atoms with Crippen LogP contribution >= 0.6 is 0 Å². The van der Waals surface area contributed by atoms with Crippen LogP contribution in [0.4, 0.5) is 0 Å². The Labute approximate surface area is 194 Å². The SMILES string of the molecule is CC(C)CCCC(C)[C@H]1CC[C@H]2[C@@H]3CC=C4CC(OC(C)C)CC[C@]4(C)[C@H]3CC[C@]12C. The normalized spacial score (nSPS) is 43.4. The van der Waals surface area contributed by atoms with E-state index in [-0.39, 0.29) is 0 Å². The molecule has 4 aliphatic carbocycles. The molecule has 0 N–H and O–H groups in total. The van der Waals surface area contributed by atoms with E-state index in [1.807, 2.05) is 0 Å². The summed E-state index contributed by atoms with van der Waals surface area (Å²) in [6.45, 7) is 17.1. The molecule has 0 aliphatic heterocycles. The van der Waals surface area contributed by atoms with Crippen molar-refractivity contribution in [2.45, 2.75) is 131 Å². The minimum absolute atomic E-state index is 0.361. The van der Waals surface area contributed by atoms with Crippen LogP contribution in [0.1, 0.15) is 119 Å². The first-order chi connectivity index (χ1) is 14.6. The summed E-state index contributed by atoms with van der Waals surface area (Å²) in [4.78, 5) is 0. The van der Waals surface area contributed by atoms with Crippen LogP contribution in [-0.4, -0.2) is 12.2 Å². The standard InChI is InChI=1S/C30H52O/c1-20(2)9-8-10-22(5)26-13-14-27-25-12-11-23-19-24(31-21(3)4)15-17-29(23,6)28(25)16-18-30(26,27)7/h11,20-22,24-28H,8-10,12-19H2,1-7H3/t22?,24?,25-,26+,27-,28-,29-,30+/m0/s1. The van der Waals surface area contributed by atoms with Crippen molar-refractivity contribution in [3.05, 3.63) is 11.6 Å². The van der Waals surface area contributed by atoms with E-state index >= 15 is 0 Å². The molecular weight excluding hydrogens is 376 g/mol. The summed E-state index contributed by atoms with van der Waals surface area (Å²) in [5, 5.41) is 0. The molecule has 0 aromatic heterocycles. The van der Waals surface area contributed by atoms with E-state index in [0.29, 0.717) is 23.0 Å². The van der Waals surface area contributed by atoms with E-state index in [9.17, 15) is 0 Å². The Morgan fingerprint density at radius 2 is 1.71 bits per heavy atom. The van der Waals surface area contributed by atoms with Crippen LogP contribution in [0.5, 0.6) is 0 Å². The summed E-state index contributed by atoms with van der Waals surface area (Å²) < 4.78 is 6.25. The molecule has 0 radical (unpaired) electrons. The number of ether oxygens (including phenoxy) is 1. The van der Waals surface area contributed by atoms with E-state index in [1.165, 1.54) is 70.6 Å². The van der Waals surface area contributed by atoms with Gasteiger partial charge in [-0.15, -0.1) is 0 Å². The summed E-state index contributed by atoms with van der Waals surface area (Å²) in [6.07, 6.45) is 19.0. The maximum atomic E-state index is 6.25. The number of hydrogen-bond donors (Lipinski definition) is 0. The lowest BCUT2D eigenvalue weighted by molar-refractivity contribution is -0.0707. The van der Waals surface area contributed by atoms with Gasteiger partial charge in [0.25, 0.3) is 0 Å². The van der Waals surface area contributed by atoms with E-state index in [0.717, 1.165) is 35.5 Å². The van der Waals surface area contributed by atoms with Gasteiger partial charge in [-0.2, -0.15) is 0 Å². The van der Waals surface area contributed by atoms with Crippen molar-refractivity contribution in [3.63, 3.8) is 0 Å². The molecule has 0 aromatic carbocycles. The Bertz CT molecular complexity index is 647. The van der Waals surface area contributed by atoms with Crippen molar-refractivity contribution < 1.29 is 4.74 Å². The Hall–Kier alpha value is -0.300. The fourth-order valence-electron chi connectivity index (χ4n) is 9.15. The fraction of sp³-hybridized carbons (Fsp3) is 0.933. The summed E-state index contributed by atoms with van der Waals surface area (Å²) in [5.41, 5.74) is 2.84. The number of hydrogen-bond acceptors (Lipinski definition) is 1. The molecule has 3 fully saturated rings. The van der Waals surface area contributed by atoms with Gasteiger partial charge in [0.2, 0.25) is 0 Å². The van der Waals surface area contributed by atoms with Crippen LogP contribution in [0.15, 0.2) is 11.6 Å². The minimum Gasteiger partial charge on any atom is -0.375 e. The van der Waals surface area contributed by atoms with E-state index < -0.39 is 0 Å². The first-order valence-electron chi connectivity index (χ1n) is 14.0. The highest BCUT2D eigenvalue weighted by Gasteiger charge is 2.59.